The molecule has 24 heteroatoms. The van der Waals surface area contributed by atoms with Crippen LogP contribution in [0.25, 0.3) is 38.3 Å². The molecule has 6 heterocycles. The Morgan fingerprint density at radius 1 is 0.843 bits per heavy atom. The van der Waals surface area contributed by atoms with Crippen molar-refractivity contribution in [1.29, 1.82) is 0 Å². The van der Waals surface area contributed by atoms with E-state index in [1.54, 1.807) is 46.9 Å². The minimum absolute atomic E-state index is 0.0117. The number of pyridine rings is 1. The molecule has 2 fully saturated rings. The second-order valence-electron chi connectivity index (χ2n) is 22.3. The van der Waals surface area contributed by atoms with Gasteiger partial charge < -0.3 is 48.3 Å². The molecule has 0 unspecified atom stereocenters. The van der Waals surface area contributed by atoms with E-state index in [0.717, 1.165) is 55.0 Å². The van der Waals surface area contributed by atoms with Crippen molar-refractivity contribution in [2.24, 2.45) is 5.92 Å². The van der Waals surface area contributed by atoms with E-state index in [-0.39, 0.29) is 79.8 Å². The van der Waals surface area contributed by atoms with Crippen molar-refractivity contribution in [3.05, 3.63) is 155 Å². The zero-order chi connectivity index (χ0) is 62.8. The number of carbonyl (C=O) groups is 3. The van der Waals surface area contributed by atoms with Crippen molar-refractivity contribution in [3.63, 3.8) is 0 Å². The first-order valence-electron chi connectivity index (χ1n) is 29.6. The zero-order valence-corrected chi connectivity index (χ0v) is 51.4. The molecule has 2 saturated heterocycles. The summed E-state index contributed by atoms with van der Waals surface area (Å²) in [5.74, 6) is -2.80. The van der Waals surface area contributed by atoms with Crippen molar-refractivity contribution < 1.29 is 69.5 Å². The molecule has 0 radical (unpaired) electrons. The number of aromatic nitrogens is 3. The van der Waals surface area contributed by atoms with E-state index in [9.17, 15) is 32.3 Å². The number of ketones is 2. The van der Waals surface area contributed by atoms with Gasteiger partial charge >= 0.3 is 10.2 Å². The number of thiazole rings is 1. The number of anilines is 1. The van der Waals surface area contributed by atoms with Gasteiger partial charge in [0.25, 0.3) is 0 Å². The highest BCUT2D eigenvalue weighted by atomic mass is 32.2. The summed E-state index contributed by atoms with van der Waals surface area (Å²) >= 11 is 1.54. The van der Waals surface area contributed by atoms with Crippen LogP contribution in [-0.4, -0.2) is 170 Å². The number of carbonyl (C=O) groups excluding carboxylic acids is 3. The van der Waals surface area contributed by atoms with E-state index in [4.69, 9.17) is 28.4 Å². The van der Waals surface area contributed by atoms with E-state index in [1.165, 1.54) is 17.5 Å². The molecular formula is C65H72F3N7O12S2. The number of fused-ring (bicyclic) bond motifs is 2. The van der Waals surface area contributed by atoms with Gasteiger partial charge in [0, 0.05) is 79.2 Å². The third-order valence-corrected chi connectivity index (χ3v) is 18.4. The van der Waals surface area contributed by atoms with Gasteiger partial charge in [-0.25, -0.2) is 23.1 Å². The largest absolute Gasteiger partial charge is 0.491 e. The average Bonchev–Trinajstić information content (AvgIpc) is 1.79. The molecule has 3 aliphatic heterocycles. The maximum atomic E-state index is 15.7. The molecule has 3 aliphatic rings. The molecule has 4 atom stereocenters. The molecule has 1 amide bonds. The number of amides is 1. The number of alkyl halides is 1. The minimum Gasteiger partial charge on any atom is -0.491 e. The molecule has 0 saturated carbocycles. The summed E-state index contributed by atoms with van der Waals surface area (Å²) in [6, 6.07) is 23.1. The number of aliphatic hydroxyl groups is 1. The van der Waals surface area contributed by atoms with Crippen LogP contribution >= 0.6 is 11.3 Å². The number of aryl methyl sites for hydroxylation is 2. The Hall–Kier alpha value is -7.55. The van der Waals surface area contributed by atoms with Gasteiger partial charge in [-0.15, -0.1) is 11.3 Å². The maximum absolute atomic E-state index is 15.7. The lowest BCUT2D eigenvalue weighted by Gasteiger charge is -2.36. The van der Waals surface area contributed by atoms with Gasteiger partial charge in [-0.1, -0.05) is 69.0 Å². The van der Waals surface area contributed by atoms with E-state index in [1.807, 2.05) is 72.9 Å². The maximum Gasteiger partial charge on any atom is 0.301 e. The number of hydrogen-bond donors (Lipinski definition) is 3. The van der Waals surface area contributed by atoms with Crippen molar-refractivity contribution in [2.45, 2.75) is 77.4 Å². The van der Waals surface area contributed by atoms with Gasteiger partial charge in [0.15, 0.2) is 11.6 Å². The third kappa shape index (κ3) is 15.4. The van der Waals surface area contributed by atoms with Crippen molar-refractivity contribution >= 4 is 61.4 Å². The Morgan fingerprint density at radius 2 is 1.53 bits per heavy atom. The Kier molecular flexibility index (Phi) is 21.3. The van der Waals surface area contributed by atoms with Crippen LogP contribution in [0, 0.1) is 24.5 Å². The van der Waals surface area contributed by atoms with E-state index in [2.05, 4.69) is 21.5 Å². The second kappa shape index (κ2) is 29.4. The highest BCUT2D eigenvalue weighted by Gasteiger charge is 2.44. The first-order valence-corrected chi connectivity index (χ1v) is 31.9. The van der Waals surface area contributed by atoms with Crippen LogP contribution in [0.5, 0.6) is 11.5 Å². The molecule has 0 bridgehead atoms. The van der Waals surface area contributed by atoms with Crippen molar-refractivity contribution in [3.8, 4) is 33.1 Å². The van der Waals surface area contributed by atoms with Crippen LogP contribution in [0.15, 0.2) is 109 Å². The number of Topliss-reactive ketones (excluding diaryl/α,β-unsaturated/α-hetero) is 1. The number of likely N-dealkylation sites (tertiary alicyclic amines) is 1. The number of rotatable bonds is 31. The lowest BCUT2D eigenvalue weighted by Crippen LogP contribution is -2.52. The van der Waals surface area contributed by atoms with Gasteiger partial charge in [-0.05, 0) is 84.3 Å². The fourth-order valence-electron chi connectivity index (χ4n) is 11.4. The molecule has 0 aliphatic carbocycles. The first kappa shape index (κ1) is 64.4. The molecule has 7 aromatic rings. The minimum atomic E-state index is -4.38. The molecule has 4 aromatic carbocycles. The van der Waals surface area contributed by atoms with Crippen LogP contribution < -0.4 is 14.2 Å². The number of aliphatic hydroxyl groups excluding tert-OH is 1. The molecule has 10 rings (SSSR count). The Balaban J connectivity index is 0.607. The Labute approximate surface area is 518 Å². The summed E-state index contributed by atoms with van der Waals surface area (Å²) in [6.07, 6.45) is 1.39. The number of halogens is 3. The quantitative estimate of drug-likeness (QED) is 0.0272. The summed E-state index contributed by atoms with van der Waals surface area (Å²) in [4.78, 5) is 58.5. The number of aromatic amines is 1. The highest BCUT2D eigenvalue weighted by Crippen LogP contribution is 2.38. The molecule has 3 N–H and O–H groups in total. The number of nitrogens with one attached hydrogen (secondary N) is 2. The fraction of sp³-hybridized carbons (Fsp3) is 0.400. The van der Waals surface area contributed by atoms with Gasteiger partial charge in [-0.3, -0.25) is 19.1 Å². The zero-order valence-electron chi connectivity index (χ0n) is 49.8. The number of H-pyrrole nitrogens is 1. The van der Waals surface area contributed by atoms with Crippen LogP contribution in [0.1, 0.15) is 71.4 Å². The summed E-state index contributed by atoms with van der Waals surface area (Å²) in [5, 5.41) is 11.1. The highest BCUT2D eigenvalue weighted by molar-refractivity contribution is 7.90. The van der Waals surface area contributed by atoms with Crippen LogP contribution in [0.2, 0.25) is 0 Å². The predicted octanol–water partition coefficient (Wildman–Crippen LogP) is 9.37. The number of benzene rings is 4. The predicted molar refractivity (Wildman–Crippen MR) is 331 cm³/mol. The summed E-state index contributed by atoms with van der Waals surface area (Å²) in [7, 11) is -4.38. The lowest BCUT2D eigenvalue weighted by atomic mass is 9.97. The normalized spacial score (nSPS) is 17.3. The first-order chi connectivity index (χ1) is 42.9. The Morgan fingerprint density at radius 3 is 2.19 bits per heavy atom. The van der Waals surface area contributed by atoms with Crippen LogP contribution in [0.3, 0.4) is 0 Å². The average molecular weight is 1260 g/mol. The van der Waals surface area contributed by atoms with Gasteiger partial charge in [0.05, 0.1) is 92.3 Å². The molecule has 472 valence electrons. The van der Waals surface area contributed by atoms with Gasteiger partial charge in [0.1, 0.15) is 48.4 Å². The van der Waals surface area contributed by atoms with E-state index >= 15 is 8.78 Å². The summed E-state index contributed by atoms with van der Waals surface area (Å²) in [6.45, 7) is 13.6. The van der Waals surface area contributed by atoms with Crippen LogP contribution in [-0.2, 0) is 51.7 Å². The monoisotopic (exact) mass is 1260 g/mol. The van der Waals surface area contributed by atoms with E-state index < -0.39 is 69.8 Å². The van der Waals surface area contributed by atoms with Crippen molar-refractivity contribution in [1.82, 2.24) is 29.1 Å². The number of ether oxygens (including phenoxy) is 6. The van der Waals surface area contributed by atoms with Gasteiger partial charge in [-0.2, -0.15) is 12.7 Å². The fourth-order valence-corrected chi connectivity index (χ4v) is 13.4. The summed E-state index contributed by atoms with van der Waals surface area (Å²) in [5.41, 5.74) is 7.29. The van der Waals surface area contributed by atoms with Crippen LogP contribution in [0.4, 0.5) is 18.9 Å². The molecule has 89 heavy (non-hydrogen) atoms. The number of β-amino-alcohol motifs (C(OH)–C–C–N with tert-alkyl or cyclic N) is 1. The standard InChI is InChI=1S/C65H72F3N7O12S2/c1-40(2)61(74-36-46-7-5-6-8-51(46)42(74)4)65(79)75-38-49(76)33-56(75)57(77)18-13-44-9-10-45(63-41(3)71-39-88-63)32-58(44)87-30-28-85-26-24-83-22-21-82-23-25-84-27-29-86-50-14-11-43(12-15-50)47-31-52-53(35-70-64(52)69-34-47)62(78)59-54(67)16-17-55(60(59)68)72-89(80,81)73-20-19-48(66)37-73/h5-12,14-17,31-32,34-35,39-40,48-49,56,61,72,76H,4,13,18-30,33,36-38H2,1-3H3,(H,69,70)/t48-,49-,56+,61+/m1/s1. The number of hydrogen-bond acceptors (Lipinski definition) is 16. The molecule has 0 spiro atoms. The van der Waals surface area contributed by atoms with Crippen molar-refractivity contribution in [2.75, 3.05) is 90.4 Å². The summed E-state index contributed by atoms with van der Waals surface area (Å²) < 4.78 is 108. The smallest absolute Gasteiger partial charge is 0.301 e. The molecule has 19 nitrogen and oxygen atoms in total. The second-order valence-corrected chi connectivity index (χ2v) is 24.9. The number of nitrogens with zero attached hydrogens (tertiary/aromatic N) is 5. The molecule has 3 aromatic heterocycles. The van der Waals surface area contributed by atoms with Gasteiger partial charge in [0.2, 0.25) is 11.7 Å². The third-order valence-electron chi connectivity index (χ3n) is 15.9. The Bertz CT molecular complexity index is 3770. The molecular weight excluding hydrogens is 1190 g/mol. The van der Waals surface area contributed by atoms with E-state index in [0.29, 0.717) is 88.4 Å². The SMILES string of the molecule is C=C1c2ccccc2CN1[C@H](C(=O)N1C[C@H](O)C[C@H]1C(=O)CCc1ccc(-c2scnc2C)cc1OCCOCCOCCOCCOCCOc1ccc(-c2cnc3[nH]cc(C(=O)c4c(F)ccc(NS(=O)(=O)N5CC[C@@H](F)C5)c4F)c3c2)cc1)C(C)C. The topological polar surface area (TPSA) is 224 Å². The lowest BCUT2D eigenvalue weighted by molar-refractivity contribution is -0.142.